The van der Waals surface area contributed by atoms with E-state index in [1.54, 1.807) is 0 Å². The first kappa shape index (κ1) is 14.9. The molecule has 2 heterocycles. The minimum absolute atomic E-state index is 0.464. The van der Waals surface area contributed by atoms with E-state index in [1.165, 1.54) is 25.0 Å². The molecule has 1 aliphatic heterocycles. The van der Waals surface area contributed by atoms with Crippen LogP contribution in [-0.2, 0) is 6.42 Å². The van der Waals surface area contributed by atoms with Gasteiger partial charge in [-0.15, -0.1) is 0 Å². The van der Waals surface area contributed by atoms with Gasteiger partial charge in [-0.25, -0.2) is 0 Å². The van der Waals surface area contributed by atoms with Crippen molar-refractivity contribution in [2.75, 3.05) is 12.3 Å². The van der Waals surface area contributed by atoms with Crippen molar-refractivity contribution in [2.24, 2.45) is 0 Å². The zero-order valence-electron chi connectivity index (χ0n) is 12.0. The Morgan fingerprint density at radius 1 is 1.42 bits per heavy atom. The summed E-state index contributed by atoms with van der Waals surface area (Å²) in [6.07, 6.45) is 6.83. The lowest BCUT2D eigenvalue weighted by Crippen LogP contribution is -2.31. The van der Waals surface area contributed by atoms with E-state index in [9.17, 15) is 0 Å². The lowest BCUT2D eigenvalue weighted by Gasteiger charge is -2.15. The van der Waals surface area contributed by atoms with Crippen molar-refractivity contribution in [3.63, 3.8) is 0 Å². The van der Waals surface area contributed by atoms with Crippen LogP contribution in [0.5, 0.6) is 0 Å². The van der Waals surface area contributed by atoms with Gasteiger partial charge in [0, 0.05) is 12.5 Å². The van der Waals surface area contributed by atoms with Crippen LogP contribution in [0.1, 0.15) is 62.9 Å². The van der Waals surface area contributed by atoms with Crippen LogP contribution in [-0.4, -0.2) is 28.5 Å². The van der Waals surface area contributed by atoms with Crippen molar-refractivity contribution in [1.82, 2.24) is 15.5 Å². The van der Waals surface area contributed by atoms with Gasteiger partial charge in [-0.3, -0.25) is 0 Å². The third-order valence-electron chi connectivity index (χ3n) is 3.44. The van der Waals surface area contributed by atoms with Crippen LogP contribution in [0.3, 0.4) is 0 Å². The Morgan fingerprint density at radius 3 is 3.00 bits per heavy atom. The van der Waals surface area contributed by atoms with Gasteiger partial charge < -0.3 is 9.84 Å². The number of hydrogen-bond donors (Lipinski definition) is 1. The summed E-state index contributed by atoms with van der Waals surface area (Å²) in [6.45, 7) is 5.47. The van der Waals surface area contributed by atoms with E-state index in [0.29, 0.717) is 11.3 Å². The molecule has 0 radical (unpaired) electrons. The summed E-state index contributed by atoms with van der Waals surface area (Å²) < 4.78 is 5.42. The van der Waals surface area contributed by atoms with Crippen LogP contribution in [0, 0.1) is 0 Å². The van der Waals surface area contributed by atoms with Crippen molar-refractivity contribution in [3.05, 3.63) is 11.7 Å². The molecule has 2 rings (SSSR count). The van der Waals surface area contributed by atoms with Gasteiger partial charge in [0.25, 0.3) is 0 Å². The van der Waals surface area contributed by atoms with E-state index >= 15 is 0 Å². The Labute approximate surface area is 120 Å². The SMILES string of the molecule is CCCNC(CCC)Cc1nc(C2CCCS2)no1. The normalized spacial score (nSPS) is 20.8. The average molecular weight is 283 g/mol. The molecule has 0 saturated carbocycles. The number of thioether (sulfide) groups is 1. The lowest BCUT2D eigenvalue weighted by atomic mass is 10.1. The molecule has 1 aliphatic rings. The molecule has 108 valence electrons. The minimum Gasteiger partial charge on any atom is -0.339 e. The number of rotatable bonds is 8. The van der Waals surface area contributed by atoms with Crippen molar-refractivity contribution in [1.29, 1.82) is 0 Å². The summed E-state index contributed by atoms with van der Waals surface area (Å²) >= 11 is 1.95. The van der Waals surface area contributed by atoms with Crippen molar-refractivity contribution in [2.45, 2.75) is 63.7 Å². The highest BCUT2D eigenvalue weighted by Gasteiger charge is 2.23. The number of nitrogens with zero attached hydrogens (tertiary/aromatic N) is 2. The van der Waals surface area contributed by atoms with Crippen molar-refractivity contribution < 1.29 is 4.52 Å². The maximum absolute atomic E-state index is 5.42. The van der Waals surface area contributed by atoms with E-state index in [1.807, 2.05) is 11.8 Å². The molecule has 19 heavy (non-hydrogen) atoms. The van der Waals surface area contributed by atoms with Crippen LogP contribution in [0.2, 0.25) is 0 Å². The van der Waals surface area contributed by atoms with Crippen molar-refractivity contribution >= 4 is 11.8 Å². The predicted octanol–water partition coefficient (Wildman–Crippen LogP) is 3.35. The summed E-state index contributed by atoms with van der Waals surface area (Å²) in [4.78, 5) is 4.58. The fourth-order valence-electron chi connectivity index (χ4n) is 2.45. The molecule has 1 saturated heterocycles. The largest absolute Gasteiger partial charge is 0.339 e. The molecule has 4 nitrogen and oxygen atoms in total. The van der Waals surface area contributed by atoms with Gasteiger partial charge in [0.15, 0.2) is 5.82 Å². The minimum atomic E-state index is 0.464. The Balaban J connectivity index is 1.89. The van der Waals surface area contributed by atoms with Gasteiger partial charge in [-0.2, -0.15) is 16.7 Å². The second-order valence-electron chi connectivity index (χ2n) is 5.19. The van der Waals surface area contributed by atoms with Gasteiger partial charge in [0.2, 0.25) is 5.89 Å². The first-order valence-electron chi connectivity index (χ1n) is 7.51. The van der Waals surface area contributed by atoms with Gasteiger partial charge in [-0.1, -0.05) is 25.4 Å². The second kappa shape index (κ2) is 7.90. The fourth-order valence-corrected chi connectivity index (χ4v) is 3.64. The smallest absolute Gasteiger partial charge is 0.228 e. The molecule has 2 atom stereocenters. The average Bonchev–Trinajstić information content (AvgIpc) is 3.06. The number of aromatic nitrogens is 2. The van der Waals surface area contributed by atoms with Crippen LogP contribution < -0.4 is 5.32 Å². The molecule has 0 amide bonds. The monoisotopic (exact) mass is 283 g/mol. The molecule has 1 aromatic rings. The zero-order chi connectivity index (χ0) is 13.5. The third kappa shape index (κ3) is 4.49. The Hall–Kier alpha value is -0.550. The van der Waals surface area contributed by atoms with Gasteiger partial charge in [0.1, 0.15) is 0 Å². The number of nitrogens with one attached hydrogen (secondary N) is 1. The first-order valence-corrected chi connectivity index (χ1v) is 8.55. The molecular weight excluding hydrogens is 258 g/mol. The second-order valence-corrected chi connectivity index (χ2v) is 6.50. The van der Waals surface area contributed by atoms with Crippen LogP contribution in [0.15, 0.2) is 4.52 Å². The molecular formula is C14H25N3OS. The fraction of sp³-hybridized carbons (Fsp3) is 0.857. The molecule has 2 unspecified atom stereocenters. The zero-order valence-corrected chi connectivity index (χ0v) is 12.8. The molecule has 0 aliphatic carbocycles. The quantitative estimate of drug-likeness (QED) is 0.793. The van der Waals surface area contributed by atoms with Crippen LogP contribution >= 0.6 is 11.8 Å². The first-order chi connectivity index (χ1) is 9.33. The molecule has 1 aromatic heterocycles. The van der Waals surface area contributed by atoms with E-state index in [2.05, 4.69) is 29.3 Å². The van der Waals surface area contributed by atoms with E-state index in [4.69, 9.17) is 4.52 Å². The molecule has 5 heteroatoms. The Bertz CT molecular complexity index is 363. The highest BCUT2D eigenvalue weighted by molar-refractivity contribution is 7.99. The van der Waals surface area contributed by atoms with Gasteiger partial charge in [0.05, 0.1) is 5.25 Å². The maximum atomic E-state index is 5.42. The third-order valence-corrected chi connectivity index (χ3v) is 4.82. The summed E-state index contributed by atoms with van der Waals surface area (Å²) in [5.41, 5.74) is 0. The molecule has 1 N–H and O–H groups in total. The van der Waals surface area contributed by atoms with Gasteiger partial charge >= 0.3 is 0 Å². The predicted molar refractivity (Wildman–Crippen MR) is 79.4 cm³/mol. The standard InChI is InChI=1S/C14H25N3OS/c1-3-6-11(15-8-4-2)10-13-16-14(17-18-13)12-7-5-9-19-12/h11-12,15H,3-10H2,1-2H3. The maximum Gasteiger partial charge on any atom is 0.228 e. The van der Waals surface area contributed by atoms with E-state index in [0.717, 1.165) is 37.5 Å². The summed E-state index contributed by atoms with van der Waals surface area (Å²) in [7, 11) is 0. The van der Waals surface area contributed by atoms with Gasteiger partial charge in [-0.05, 0) is 38.0 Å². The lowest BCUT2D eigenvalue weighted by molar-refractivity contribution is 0.346. The van der Waals surface area contributed by atoms with Crippen molar-refractivity contribution in [3.8, 4) is 0 Å². The van der Waals surface area contributed by atoms with E-state index < -0.39 is 0 Å². The van der Waals surface area contributed by atoms with Crippen LogP contribution in [0.4, 0.5) is 0 Å². The molecule has 0 aromatic carbocycles. The highest BCUT2D eigenvalue weighted by atomic mass is 32.2. The number of hydrogen-bond acceptors (Lipinski definition) is 5. The topological polar surface area (TPSA) is 51.0 Å². The van der Waals surface area contributed by atoms with E-state index in [-0.39, 0.29) is 0 Å². The summed E-state index contributed by atoms with van der Waals surface area (Å²) in [5, 5.41) is 8.19. The van der Waals surface area contributed by atoms with Crippen LogP contribution in [0.25, 0.3) is 0 Å². The summed E-state index contributed by atoms with van der Waals surface area (Å²) in [6, 6.07) is 0.467. The molecule has 0 spiro atoms. The molecule has 0 bridgehead atoms. The highest BCUT2D eigenvalue weighted by Crippen LogP contribution is 2.38. The molecule has 1 fully saturated rings. The Kier molecular flexibility index (Phi) is 6.17. The Morgan fingerprint density at radius 2 is 2.32 bits per heavy atom. The summed E-state index contributed by atoms with van der Waals surface area (Å²) in [5.74, 6) is 2.93.